The third kappa shape index (κ3) is 3.59. The second kappa shape index (κ2) is 6.02. The van der Waals surface area contributed by atoms with Crippen LogP contribution in [-0.2, 0) is 4.74 Å². The van der Waals surface area contributed by atoms with Gasteiger partial charge in [0.15, 0.2) is 5.82 Å². The largest absolute Gasteiger partial charge is 0.391 e. The maximum Gasteiger partial charge on any atom is 0.276 e. The fourth-order valence-corrected chi connectivity index (χ4v) is 1.13. The molecule has 6 nitrogen and oxygen atoms in total. The number of ether oxygens (including phenoxy) is 1. The highest BCUT2D eigenvalue weighted by atomic mass is 16.5. The van der Waals surface area contributed by atoms with Gasteiger partial charge in [0.2, 0.25) is 0 Å². The van der Waals surface area contributed by atoms with Crippen molar-refractivity contribution in [2.45, 2.75) is 12.8 Å². The molecular formula is C9H16N4O2. The Kier molecular flexibility index (Phi) is 4.62. The first-order valence-electron chi connectivity index (χ1n) is 4.81. The van der Waals surface area contributed by atoms with Crippen LogP contribution in [0, 0.1) is 0 Å². The van der Waals surface area contributed by atoms with Crippen molar-refractivity contribution in [1.29, 1.82) is 0 Å². The van der Waals surface area contributed by atoms with Gasteiger partial charge in [0.25, 0.3) is 5.56 Å². The minimum absolute atomic E-state index is 0.129. The molecule has 0 saturated carbocycles. The fraction of sp³-hybridized carbons (Fsp3) is 0.556. The van der Waals surface area contributed by atoms with Crippen molar-refractivity contribution in [2.75, 3.05) is 31.3 Å². The average Bonchev–Trinajstić information content (AvgIpc) is 2.24. The minimum Gasteiger partial charge on any atom is -0.391 e. The van der Waals surface area contributed by atoms with Crippen LogP contribution in [0.1, 0.15) is 12.8 Å². The van der Waals surface area contributed by atoms with E-state index in [2.05, 4.69) is 15.3 Å². The Morgan fingerprint density at radius 3 is 3.13 bits per heavy atom. The molecular weight excluding hydrogens is 196 g/mol. The van der Waals surface area contributed by atoms with Gasteiger partial charge in [-0.3, -0.25) is 4.79 Å². The zero-order valence-electron chi connectivity index (χ0n) is 8.75. The van der Waals surface area contributed by atoms with Crippen molar-refractivity contribution in [1.82, 2.24) is 9.97 Å². The van der Waals surface area contributed by atoms with Crippen LogP contribution in [0.5, 0.6) is 0 Å². The van der Waals surface area contributed by atoms with E-state index in [9.17, 15) is 4.79 Å². The molecule has 1 rings (SSSR count). The van der Waals surface area contributed by atoms with E-state index >= 15 is 0 Å². The first kappa shape index (κ1) is 11.5. The predicted octanol–water partition coefficient (Wildman–Crippen LogP) is 0.191. The molecule has 0 bridgehead atoms. The first-order chi connectivity index (χ1) is 7.25. The predicted molar refractivity (Wildman–Crippen MR) is 58.9 cm³/mol. The van der Waals surface area contributed by atoms with E-state index in [0.29, 0.717) is 5.82 Å². The monoisotopic (exact) mass is 212 g/mol. The van der Waals surface area contributed by atoms with E-state index in [-0.39, 0.29) is 11.2 Å². The summed E-state index contributed by atoms with van der Waals surface area (Å²) in [5.41, 5.74) is 5.34. The molecule has 1 aromatic heterocycles. The van der Waals surface area contributed by atoms with Gasteiger partial charge in [-0.25, -0.2) is 4.98 Å². The number of hydrogen-bond donors (Lipinski definition) is 3. The van der Waals surface area contributed by atoms with Gasteiger partial charge in [-0.05, 0) is 12.8 Å². The Bertz CT molecular complexity index is 350. The smallest absolute Gasteiger partial charge is 0.276 e. The molecule has 4 N–H and O–H groups in total. The number of hydrogen-bond acceptors (Lipinski definition) is 5. The van der Waals surface area contributed by atoms with E-state index in [1.54, 1.807) is 7.11 Å². The van der Waals surface area contributed by atoms with E-state index in [4.69, 9.17) is 10.5 Å². The summed E-state index contributed by atoms with van der Waals surface area (Å²) in [4.78, 5) is 17.4. The van der Waals surface area contributed by atoms with Crippen LogP contribution in [0.2, 0.25) is 0 Å². The summed E-state index contributed by atoms with van der Waals surface area (Å²) < 4.78 is 4.91. The molecule has 1 aromatic rings. The van der Waals surface area contributed by atoms with Gasteiger partial charge in [-0.15, -0.1) is 0 Å². The minimum atomic E-state index is -0.315. The summed E-state index contributed by atoms with van der Waals surface area (Å²) in [5.74, 6) is 0.441. The summed E-state index contributed by atoms with van der Waals surface area (Å²) in [5, 5.41) is 3.00. The second-order valence-corrected chi connectivity index (χ2v) is 3.12. The van der Waals surface area contributed by atoms with Crippen LogP contribution in [0.25, 0.3) is 0 Å². The number of H-pyrrole nitrogens is 1. The highest BCUT2D eigenvalue weighted by molar-refractivity contribution is 5.58. The van der Waals surface area contributed by atoms with Crippen LogP contribution < -0.4 is 16.6 Å². The van der Waals surface area contributed by atoms with Gasteiger partial charge >= 0.3 is 0 Å². The van der Waals surface area contributed by atoms with Gasteiger partial charge < -0.3 is 20.8 Å². The van der Waals surface area contributed by atoms with Crippen LogP contribution in [0.3, 0.4) is 0 Å². The van der Waals surface area contributed by atoms with Gasteiger partial charge in [-0.1, -0.05) is 0 Å². The number of nitrogens with two attached hydrogens (primary N) is 1. The van der Waals surface area contributed by atoms with E-state index < -0.39 is 0 Å². The van der Waals surface area contributed by atoms with Crippen LogP contribution in [0.15, 0.2) is 11.1 Å². The van der Waals surface area contributed by atoms with Crippen molar-refractivity contribution >= 4 is 11.5 Å². The van der Waals surface area contributed by atoms with Gasteiger partial charge in [0, 0.05) is 20.3 Å². The molecule has 0 aliphatic carbocycles. The molecule has 1 heterocycles. The molecule has 0 radical (unpaired) electrons. The summed E-state index contributed by atoms with van der Waals surface area (Å²) >= 11 is 0. The Labute approximate surface area is 87.9 Å². The zero-order valence-corrected chi connectivity index (χ0v) is 8.75. The lowest BCUT2D eigenvalue weighted by atomic mass is 10.3. The molecule has 0 spiro atoms. The number of anilines is 2. The Balaban J connectivity index is 2.38. The number of methoxy groups -OCH3 is 1. The SMILES string of the molecule is COCCCCNc1nc[nH]c(=O)c1N. The van der Waals surface area contributed by atoms with Crippen molar-refractivity contribution in [2.24, 2.45) is 0 Å². The molecule has 0 aliphatic heterocycles. The van der Waals surface area contributed by atoms with E-state index in [1.807, 2.05) is 0 Å². The third-order valence-electron chi connectivity index (χ3n) is 1.96. The Hall–Kier alpha value is -1.56. The quantitative estimate of drug-likeness (QED) is 0.585. The van der Waals surface area contributed by atoms with Gasteiger partial charge in [-0.2, -0.15) is 0 Å². The van der Waals surface area contributed by atoms with Crippen molar-refractivity contribution in [3.05, 3.63) is 16.7 Å². The number of nitrogen functional groups attached to an aromatic ring is 1. The van der Waals surface area contributed by atoms with E-state index in [0.717, 1.165) is 26.0 Å². The lowest BCUT2D eigenvalue weighted by Crippen LogP contribution is -2.16. The van der Waals surface area contributed by atoms with Gasteiger partial charge in [0.1, 0.15) is 5.69 Å². The number of aromatic nitrogens is 2. The lowest BCUT2D eigenvalue weighted by Gasteiger charge is -2.06. The molecule has 0 amide bonds. The number of rotatable bonds is 6. The summed E-state index contributed by atoms with van der Waals surface area (Å²) in [6.45, 7) is 1.46. The lowest BCUT2D eigenvalue weighted by molar-refractivity contribution is 0.194. The summed E-state index contributed by atoms with van der Waals surface area (Å²) in [6.07, 6.45) is 3.24. The highest BCUT2D eigenvalue weighted by Gasteiger charge is 2.02. The fourth-order valence-electron chi connectivity index (χ4n) is 1.13. The summed E-state index contributed by atoms with van der Waals surface area (Å²) in [6, 6.07) is 0. The highest BCUT2D eigenvalue weighted by Crippen LogP contribution is 2.06. The Morgan fingerprint density at radius 2 is 2.40 bits per heavy atom. The van der Waals surface area contributed by atoms with Crippen molar-refractivity contribution in [3.8, 4) is 0 Å². The first-order valence-corrected chi connectivity index (χ1v) is 4.81. The molecule has 0 aromatic carbocycles. The number of unbranched alkanes of at least 4 members (excludes halogenated alkanes) is 1. The maximum absolute atomic E-state index is 11.1. The normalized spacial score (nSPS) is 10.2. The van der Waals surface area contributed by atoms with Gasteiger partial charge in [0.05, 0.1) is 6.33 Å². The standard InChI is InChI=1S/C9H16N4O2/c1-15-5-3-2-4-11-8-7(10)9(14)13-6-12-8/h6H,2-5,10H2,1H3,(H2,11,12,13,14). The van der Waals surface area contributed by atoms with Crippen LogP contribution >= 0.6 is 0 Å². The molecule has 6 heteroatoms. The topological polar surface area (TPSA) is 93.0 Å². The third-order valence-corrected chi connectivity index (χ3v) is 1.96. The van der Waals surface area contributed by atoms with Crippen molar-refractivity contribution in [3.63, 3.8) is 0 Å². The van der Waals surface area contributed by atoms with Crippen LogP contribution in [0.4, 0.5) is 11.5 Å². The molecule has 0 unspecified atom stereocenters. The molecule has 0 saturated heterocycles. The molecule has 0 atom stereocenters. The zero-order chi connectivity index (χ0) is 11.1. The number of nitrogens with zero attached hydrogens (tertiary/aromatic N) is 1. The maximum atomic E-state index is 11.1. The Morgan fingerprint density at radius 1 is 1.60 bits per heavy atom. The number of nitrogens with one attached hydrogen (secondary N) is 2. The average molecular weight is 212 g/mol. The van der Waals surface area contributed by atoms with Crippen molar-refractivity contribution < 1.29 is 4.74 Å². The molecule has 15 heavy (non-hydrogen) atoms. The molecule has 0 aliphatic rings. The summed E-state index contributed by atoms with van der Waals surface area (Å²) in [7, 11) is 1.67. The number of aromatic amines is 1. The molecule has 0 fully saturated rings. The van der Waals surface area contributed by atoms with E-state index in [1.165, 1.54) is 6.33 Å². The molecule has 84 valence electrons. The second-order valence-electron chi connectivity index (χ2n) is 3.12. The van der Waals surface area contributed by atoms with Crippen LogP contribution in [-0.4, -0.2) is 30.2 Å².